The Hall–Kier alpha value is -1.09. The zero-order valence-corrected chi connectivity index (χ0v) is 11.7. The summed E-state index contributed by atoms with van der Waals surface area (Å²) in [6.45, 7) is 4.72. The smallest absolute Gasteiger partial charge is 0.128 e. The van der Waals surface area contributed by atoms with Crippen molar-refractivity contribution in [2.75, 3.05) is 11.9 Å². The van der Waals surface area contributed by atoms with E-state index in [-0.39, 0.29) is 6.61 Å². The van der Waals surface area contributed by atoms with Gasteiger partial charge in [-0.05, 0) is 43.2 Å². The monoisotopic (exact) mass is 248 g/mol. The van der Waals surface area contributed by atoms with Gasteiger partial charge in [-0.3, -0.25) is 0 Å². The van der Waals surface area contributed by atoms with Gasteiger partial charge in [-0.2, -0.15) is 0 Å². The molecule has 0 spiro atoms. The van der Waals surface area contributed by atoms with Crippen molar-refractivity contribution in [2.24, 2.45) is 5.41 Å². The third-order valence-corrected chi connectivity index (χ3v) is 4.17. The number of aliphatic hydroxyl groups excluding tert-OH is 1. The van der Waals surface area contributed by atoms with Crippen molar-refractivity contribution in [1.82, 2.24) is 4.98 Å². The van der Waals surface area contributed by atoms with E-state index in [2.05, 4.69) is 30.8 Å². The molecule has 18 heavy (non-hydrogen) atoms. The number of pyridine rings is 1. The van der Waals surface area contributed by atoms with Crippen LogP contribution in [0, 0.1) is 5.41 Å². The Morgan fingerprint density at radius 1 is 1.33 bits per heavy atom. The summed E-state index contributed by atoms with van der Waals surface area (Å²) in [5, 5.41) is 9.14. The SMILES string of the molecule is CN(c1cccc(CO)n1)C1CCC(C)(C)CC1. The van der Waals surface area contributed by atoms with E-state index in [0.717, 1.165) is 11.5 Å². The van der Waals surface area contributed by atoms with Gasteiger partial charge in [-0.15, -0.1) is 0 Å². The van der Waals surface area contributed by atoms with Crippen molar-refractivity contribution in [2.45, 2.75) is 52.2 Å². The highest BCUT2D eigenvalue weighted by molar-refractivity contribution is 5.39. The van der Waals surface area contributed by atoms with Gasteiger partial charge in [0, 0.05) is 13.1 Å². The Kier molecular flexibility index (Phi) is 3.91. The molecule has 1 heterocycles. The molecular weight excluding hydrogens is 224 g/mol. The Morgan fingerprint density at radius 3 is 2.61 bits per heavy atom. The molecule has 1 fully saturated rings. The second-order valence-corrected chi connectivity index (χ2v) is 6.15. The lowest BCUT2D eigenvalue weighted by Gasteiger charge is -2.39. The Morgan fingerprint density at radius 2 is 2.00 bits per heavy atom. The van der Waals surface area contributed by atoms with E-state index in [1.807, 2.05) is 18.2 Å². The van der Waals surface area contributed by atoms with E-state index in [9.17, 15) is 0 Å². The van der Waals surface area contributed by atoms with Crippen molar-refractivity contribution < 1.29 is 5.11 Å². The second-order valence-electron chi connectivity index (χ2n) is 6.15. The molecule has 0 amide bonds. The second kappa shape index (κ2) is 5.27. The topological polar surface area (TPSA) is 36.4 Å². The Labute approximate surface area is 110 Å². The minimum Gasteiger partial charge on any atom is -0.390 e. The summed E-state index contributed by atoms with van der Waals surface area (Å²) in [6.07, 6.45) is 5.02. The van der Waals surface area contributed by atoms with Crippen LogP contribution in [0.1, 0.15) is 45.2 Å². The maximum absolute atomic E-state index is 9.14. The highest BCUT2D eigenvalue weighted by atomic mass is 16.3. The maximum atomic E-state index is 9.14. The molecule has 0 unspecified atom stereocenters. The van der Waals surface area contributed by atoms with Gasteiger partial charge in [-0.25, -0.2) is 4.98 Å². The van der Waals surface area contributed by atoms with Crippen LogP contribution in [-0.4, -0.2) is 23.2 Å². The number of hydrogen-bond acceptors (Lipinski definition) is 3. The van der Waals surface area contributed by atoms with Gasteiger partial charge in [0.25, 0.3) is 0 Å². The van der Waals surface area contributed by atoms with Crippen molar-refractivity contribution in [3.8, 4) is 0 Å². The third-order valence-electron chi connectivity index (χ3n) is 4.17. The van der Waals surface area contributed by atoms with Gasteiger partial charge in [0.1, 0.15) is 5.82 Å². The summed E-state index contributed by atoms with van der Waals surface area (Å²) in [4.78, 5) is 6.75. The Balaban J connectivity index is 2.05. The molecule has 2 rings (SSSR count). The lowest BCUT2D eigenvalue weighted by Crippen LogP contribution is -2.37. The van der Waals surface area contributed by atoms with Crippen molar-refractivity contribution >= 4 is 5.82 Å². The number of rotatable bonds is 3. The predicted octanol–water partition coefficient (Wildman–Crippen LogP) is 2.98. The molecule has 0 saturated heterocycles. The molecule has 1 aromatic heterocycles. The average Bonchev–Trinajstić information content (AvgIpc) is 2.38. The van der Waals surface area contributed by atoms with Crippen molar-refractivity contribution in [1.29, 1.82) is 0 Å². The van der Waals surface area contributed by atoms with Crippen LogP contribution in [0.3, 0.4) is 0 Å². The molecule has 0 aliphatic heterocycles. The molecule has 0 radical (unpaired) electrons. The van der Waals surface area contributed by atoms with E-state index >= 15 is 0 Å². The highest BCUT2D eigenvalue weighted by Gasteiger charge is 2.29. The van der Waals surface area contributed by atoms with Crippen LogP contribution in [-0.2, 0) is 6.61 Å². The molecular formula is C15H24N2O. The molecule has 0 atom stereocenters. The Bertz CT molecular complexity index is 393. The first kappa shape index (κ1) is 13.3. The van der Waals surface area contributed by atoms with Gasteiger partial charge in [0.05, 0.1) is 12.3 Å². The molecule has 1 aliphatic carbocycles. The zero-order chi connectivity index (χ0) is 13.2. The van der Waals surface area contributed by atoms with Crippen LogP contribution in [0.4, 0.5) is 5.82 Å². The normalized spacial score (nSPS) is 19.8. The fourth-order valence-corrected chi connectivity index (χ4v) is 2.71. The van der Waals surface area contributed by atoms with E-state index in [0.29, 0.717) is 11.5 Å². The molecule has 1 saturated carbocycles. The first-order chi connectivity index (χ1) is 8.52. The van der Waals surface area contributed by atoms with Crippen LogP contribution >= 0.6 is 0 Å². The summed E-state index contributed by atoms with van der Waals surface area (Å²) in [7, 11) is 2.12. The molecule has 3 nitrogen and oxygen atoms in total. The van der Waals surface area contributed by atoms with Crippen LogP contribution in [0.15, 0.2) is 18.2 Å². The standard InChI is InChI=1S/C15H24N2O/c1-15(2)9-7-13(8-10-15)17(3)14-6-4-5-12(11-18)16-14/h4-6,13,18H,7-11H2,1-3H3. The molecule has 3 heteroatoms. The quantitative estimate of drug-likeness (QED) is 0.893. The van der Waals surface area contributed by atoms with E-state index in [4.69, 9.17) is 5.11 Å². The van der Waals surface area contributed by atoms with Gasteiger partial charge in [-0.1, -0.05) is 19.9 Å². The van der Waals surface area contributed by atoms with Crippen molar-refractivity contribution in [3.05, 3.63) is 23.9 Å². The lowest BCUT2D eigenvalue weighted by atomic mass is 9.75. The molecule has 0 aromatic carbocycles. The zero-order valence-electron chi connectivity index (χ0n) is 11.7. The lowest BCUT2D eigenvalue weighted by molar-refractivity contribution is 0.222. The first-order valence-corrected chi connectivity index (χ1v) is 6.81. The molecule has 0 bridgehead atoms. The summed E-state index contributed by atoms with van der Waals surface area (Å²) in [5.74, 6) is 0.978. The third kappa shape index (κ3) is 3.02. The fourth-order valence-electron chi connectivity index (χ4n) is 2.71. The number of anilines is 1. The van der Waals surface area contributed by atoms with E-state index < -0.39 is 0 Å². The van der Waals surface area contributed by atoms with Crippen molar-refractivity contribution in [3.63, 3.8) is 0 Å². The van der Waals surface area contributed by atoms with Gasteiger partial charge < -0.3 is 10.0 Å². The van der Waals surface area contributed by atoms with Crippen LogP contribution in [0.2, 0.25) is 0 Å². The largest absolute Gasteiger partial charge is 0.390 e. The van der Waals surface area contributed by atoms with Gasteiger partial charge in [0.15, 0.2) is 0 Å². The summed E-state index contributed by atoms with van der Waals surface area (Å²) in [5.41, 5.74) is 1.24. The van der Waals surface area contributed by atoms with Crippen LogP contribution < -0.4 is 4.90 Å². The first-order valence-electron chi connectivity index (χ1n) is 6.81. The minimum absolute atomic E-state index is 0.0133. The van der Waals surface area contributed by atoms with E-state index in [1.54, 1.807) is 0 Å². The number of aromatic nitrogens is 1. The number of aliphatic hydroxyl groups is 1. The average molecular weight is 248 g/mol. The maximum Gasteiger partial charge on any atom is 0.128 e. The summed E-state index contributed by atoms with van der Waals surface area (Å²) < 4.78 is 0. The minimum atomic E-state index is 0.0133. The fraction of sp³-hybridized carbons (Fsp3) is 0.667. The molecule has 1 aromatic rings. The number of nitrogens with zero attached hydrogens (tertiary/aromatic N) is 2. The summed E-state index contributed by atoms with van der Waals surface area (Å²) in [6, 6.07) is 6.44. The van der Waals surface area contributed by atoms with E-state index in [1.165, 1.54) is 25.7 Å². The molecule has 100 valence electrons. The molecule has 1 N–H and O–H groups in total. The highest BCUT2D eigenvalue weighted by Crippen LogP contribution is 2.37. The van der Waals surface area contributed by atoms with Crippen LogP contribution in [0.25, 0.3) is 0 Å². The van der Waals surface area contributed by atoms with Gasteiger partial charge in [0.2, 0.25) is 0 Å². The number of hydrogen-bond donors (Lipinski definition) is 1. The van der Waals surface area contributed by atoms with Gasteiger partial charge >= 0.3 is 0 Å². The van der Waals surface area contributed by atoms with Crippen LogP contribution in [0.5, 0.6) is 0 Å². The molecule has 1 aliphatic rings. The predicted molar refractivity (Wildman–Crippen MR) is 74.6 cm³/mol. The summed E-state index contributed by atoms with van der Waals surface area (Å²) >= 11 is 0.